The zero-order chi connectivity index (χ0) is 12.4. The van der Waals surface area contributed by atoms with E-state index in [0.29, 0.717) is 0 Å². The summed E-state index contributed by atoms with van der Waals surface area (Å²) in [5, 5.41) is 0.748. The smallest absolute Gasteiger partial charge is 0.0452 e. The van der Waals surface area contributed by atoms with Crippen molar-refractivity contribution in [3.63, 3.8) is 0 Å². The van der Waals surface area contributed by atoms with Crippen LogP contribution in [0.25, 0.3) is 0 Å². The van der Waals surface area contributed by atoms with E-state index in [1.807, 2.05) is 17.8 Å². The van der Waals surface area contributed by atoms with E-state index in [4.69, 9.17) is 5.73 Å². The fourth-order valence-electron chi connectivity index (χ4n) is 2.89. The predicted octanol–water partition coefficient (Wildman–Crippen LogP) is 4.49. The number of anilines is 1. The average Bonchev–Trinajstić information content (AvgIpc) is 2.22. The van der Waals surface area contributed by atoms with E-state index in [1.54, 1.807) is 0 Å². The second-order valence-corrected chi connectivity index (χ2v) is 7.04. The Kier molecular flexibility index (Phi) is 4.03. The van der Waals surface area contributed by atoms with Gasteiger partial charge < -0.3 is 5.73 Å². The minimum atomic E-state index is 0.748. The summed E-state index contributed by atoms with van der Waals surface area (Å²) in [7, 11) is 0. The third kappa shape index (κ3) is 3.41. The molecule has 2 atom stereocenters. The number of hydrogen-bond donors (Lipinski definition) is 1. The highest BCUT2D eigenvalue weighted by molar-refractivity contribution is 8.00. The predicted molar refractivity (Wildman–Crippen MR) is 77.4 cm³/mol. The molecule has 0 aromatic heterocycles. The molecule has 0 aliphatic heterocycles. The molecule has 2 unspecified atom stereocenters. The molecule has 0 heterocycles. The second-order valence-electron chi connectivity index (χ2n) is 5.70. The van der Waals surface area contributed by atoms with Crippen LogP contribution in [0.3, 0.4) is 0 Å². The van der Waals surface area contributed by atoms with Crippen LogP contribution in [0.1, 0.15) is 38.7 Å². The Morgan fingerprint density at radius 3 is 2.41 bits per heavy atom. The number of thioether (sulfide) groups is 1. The van der Waals surface area contributed by atoms with Gasteiger partial charge in [0.15, 0.2) is 0 Å². The number of aryl methyl sites for hydroxylation is 1. The third-order valence-corrected chi connectivity index (χ3v) is 4.92. The maximum atomic E-state index is 6.06. The lowest BCUT2D eigenvalue weighted by atomic mass is 9.83. The summed E-state index contributed by atoms with van der Waals surface area (Å²) in [5.41, 5.74) is 8.30. The lowest BCUT2D eigenvalue weighted by Crippen LogP contribution is -2.21. The molecule has 1 aromatic carbocycles. The first kappa shape index (κ1) is 12.8. The van der Waals surface area contributed by atoms with Gasteiger partial charge in [0.25, 0.3) is 0 Å². The molecule has 2 N–H and O–H groups in total. The van der Waals surface area contributed by atoms with Crippen LogP contribution in [-0.2, 0) is 0 Å². The van der Waals surface area contributed by atoms with Gasteiger partial charge in [0.1, 0.15) is 0 Å². The third-order valence-electron chi connectivity index (χ3n) is 3.60. The van der Waals surface area contributed by atoms with Crippen molar-refractivity contribution in [2.75, 3.05) is 5.73 Å². The molecule has 17 heavy (non-hydrogen) atoms. The normalized spacial score (nSPS) is 29.2. The first-order valence-corrected chi connectivity index (χ1v) is 7.45. The van der Waals surface area contributed by atoms with Crippen LogP contribution in [0.15, 0.2) is 23.1 Å². The van der Waals surface area contributed by atoms with Gasteiger partial charge in [-0.3, -0.25) is 0 Å². The molecule has 2 rings (SSSR count). The van der Waals surface area contributed by atoms with E-state index in [1.165, 1.54) is 29.7 Å². The zero-order valence-corrected chi connectivity index (χ0v) is 11.9. The summed E-state index contributed by atoms with van der Waals surface area (Å²) in [4.78, 5) is 1.27. The Hall–Kier alpha value is -0.630. The molecule has 0 saturated heterocycles. The minimum absolute atomic E-state index is 0.748. The maximum absolute atomic E-state index is 6.06. The minimum Gasteiger partial charge on any atom is -0.398 e. The van der Waals surface area contributed by atoms with Gasteiger partial charge in [0.05, 0.1) is 0 Å². The molecular formula is C15H23NS. The number of benzene rings is 1. The highest BCUT2D eigenvalue weighted by Gasteiger charge is 2.24. The van der Waals surface area contributed by atoms with Crippen LogP contribution < -0.4 is 5.73 Å². The molecule has 0 spiro atoms. The number of nitrogen functional groups attached to an aromatic ring is 1. The highest BCUT2D eigenvalue weighted by Crippen LogP contribution is 2.40. The van der Waals surface area contributed by atoms with Gasteiger partial charge in [-0.1, -0.05) is 19.9 Å². The summed E-state index contributed by atoms with van der Waals surface area (Å²) < 4.78 is 0. The van der Waals surface area contributed by atoms with Crippen LogP contribution in [-0.4, -0.2) is 5.25 Å². The summed E-state index contributed by atoms with van der Waals surface area (Å²) in [6.45, 7) is 6.89. The van der Waals surface area contributed by atoms with Crippen molar-refractivity contribution >= 4 is 17.4 Å². The largest absolute Gasteiger partial charge is 0.398 e. The molecule has 0 amide bonds. The molecule has 1 fully saturated rings. The molecule has 1 aliphatic rings. The molecule has 0 radical (unpaired) electrons. The van der Waals surface area contributed by atoms with E-state index in [0.717, 1.165) is 22.8 Å². The SMILES string of the molecule is Cc1ccc(N)c(SC2CC(C)CC(C)C2)c1. The number of nitrogens with two attached hydrogens (primary N) is 1. The van der Waals surface area contributed by atoms with Crippen molar-refractivity contribution in [2.24, 2.45) is 11.8 Å². The Bertz CT molecular complexity index is 379. The lowest BCUT2D eigenvalue weighted by Gasteiger charge is -2.31. The maximum Gasteiger partial charge on any atom is 0.0452 e. The van der Waals surface area contributed by atoms with Crippen LogP contribution in [0, 0.1) is 18.8 Å². The van der Waals surface area contributed by atoms with E-state index in [9.17, 15) is 0 Å². The number of rotatable bonds is 2. The fraction of sp³-hybridized carbons (Fsp3) is 0.600. The average molecular weight is 249 g/mol. The zero-order valence-electron chi connectivity index (χ0n) is 11.1. The molecule has 1 nitrogen and oxygen atoms in total. The first-order valence-electron chi connectivity index (χ1n) is 6.57. The molecule has 0 bridgehead atoms. The number of hydrogen-bond acceptors (Lipinski definition) is 2. The molecule has 2 heteroatoms. The van der Waals surface area contributed by atoms with Crippen LogP contribution in [0.2, 0.25) is 0 Å². The Balaban J connectivity index is 2.07. The molecule has 1 aliphatic carbocycles. The standard InChI is InChI=1S/C15H23NS/c1-10-4-5-14(16)15(9-10)17-13-7-11(2)6-12(3)8-13/h4-5,9,11-13H,6-8,16H2,1-3H3. The Labute approximate surface area is 109 Å². The van der Waals surface area contributed by atoms with E-state index in [-0.39, 0.29) is 0 Å². The fourth-order valence-corrected chi connectivity index (χ4v) is 4.56. The monoisotopic (exact) mass is 249 g/mol. The summed E-state index contributed by atoms with van der Waals surface area (Å²) in [5.74, 6) is 1.73. The summed E-state index contributed by atoms with van der Waals surface area (Å²) in [6, 6.07) is 6.35. The topological polar surface area (TPSA) is 26.0 Å². The van der Waals surface area contributed by atoms with Gasteiger partial charge in [-0.05, 0) is 55.7 Å². The van der Waals surface area contributed by atoms with Crippen molar-refractivity contribution in [2.45, 2.75) is 50.2 Å². The van der Waals surface area contributed by atoms with Gasteiger partial charge in [0, 0.05) is 15.8 Å². The van der Waals surface area contributed by atoms with Gasteiger partial charge in [-0.25, -0.2) is 0 Å². The van der Waals surface area contributed by atoms with Crippen molar-refractivity contribution in [3.05, 3.63) is 23.8 Å². The van der Waals surface area contributed by atoms with Gasteiger partial charge in [-0.15, -0.1) is 11.8 Å². The molecule has 94 valence electrons. The quantitative estimate of drug-likeness (QED) is 0.781. The first-order chi connectivity index (χ1) is 8.04. The second kappa shape index (κ2) is 5.34. The molecule has 1 aromatic rings. The van der Waals surface area contributed by atoms with Crippen molar-refractivity contribution in [1.29, 1.82) is 0 Å². The van der Waals surface area contributed by atoms with Crippen molar-refractivity contribution in [3.8, 4) is 0 Å². The van der Waals surface area contributed by atoms with Crippen LogP contribution >= 0.6 is 11.8 Å². The van der Waals surface area contributed by atoms with Crippen molar-refractivity contribution < 1.29 is 0 Å². The summed E-state index contributed by atoms with van der Waals surface area (Å²) in [6.07, 6.45) is 4.06. The van der Waals surface area contributed by atoms with E-state index < -0.39 is 0 Å². The van der Waals surface area contributed by atoms with E-state index in [2.05, 4.69) is 32.9 Å². The van der Waals surface area contributed by atoms with Crippen molar-refractivity contribution in [1.82, 2.24) is 0 Å². The van der Waals surface area contributed by atoms with Gasteiger partial charge >= 0.3 is 0 Å². The van der Waals surface area contributed by atoms with Gasteiger partial charge in [0.2, 0.25) is 0 Å². The van der Waals surface area contributed by atoms with Crippen LogP contribution in [0.4, 0.5) is 5.69 Å². The Morgan fingerprint density at radius 2 is 1.76 bits per heavy atom. The molecule has 1 saturated carbocycles. The summed E-state index contributed by atoms with van der Waals surface area (Å²) >= 11 is 1.99. The van der Waals surface area contributed by atoms with E-state index >= 15 is 0 Å². The Morgan fingerprint density at radius 1 is 1.12 bits per heavy atom. The van der Waals surface area contributed by atoms with Gasteiger partial charge in [-0.2, -0.15) is 0 Å². The molecular weight excluding hydrogens is 226 g/mol. The lowest BCUT2D eigenvalue weighted by molar-refractivity contribution is 0.309. The highest BCUT2D eigenvalue weighted by atomic mass is 32.2. The van der Waals surface area contributed by atoms with Crippen LogP contribution in [0.5, 0.6) is 0 Å².